The quantitative estimate of drug-likeness (QED) is 0.0192. The molecule has 10 nitrogen and oxygen atoms in total. The van der Waals surface area contributed by atoms with E-state index in [-0.39, 0.29) is 0 Å². The van der Waals surface area contributed by atoms with E-state index in [4.69, 9.17) is 15.6 Å². The molecule has 0 bridgehead atoms. The highest BCUT2D eigenvalue weighted by atomic mass is 32.2. The minimum absolute atomic E-state index is 0.344. The number of nitrogens with one attached hydrogen (secondary N) is 2. The predicted molar refractivity (Wildman–Crippen MR) is 279 cm³/mol. The maximum Gasteiger partial charge on any atom is 0.113 e. The Hall–Kier alpha value is -2.32. The van der Waals surface area contributed by atoms with Gasteiger partial charge in [-0.2, -0.15) is 0 Å². The Labute approximate surface area is 390 Å². The third kappa shape index (κ3) is 34.1. The summed E-state index contributed by atoms with van der Waals surface area (Å²) in [7, 11) is 1.73. The molecule has 0 saturated carbocycles. The fraction of sp³-hybridized carbons (Fsp3) is 0.740. The Bertz CT molecular complexity index is 1350. The van der Waals surface area contributed by atoms with E-state index in [1.54, 1.807) is 7.11 Å². The van der Waals surface area contributed by atoms with E-state index < -0.39 is 0 Å². The molecule has 0 aliphatic carbocycles. The van der Waals surface area contributed by atoms with Crippen molar-refractivity contribution in [2.75, 3.05) is 82.9 Å². The van der Waals surface area contributed by atoms with Crippen LogP contribution in [0.15, 0.2) is 48.5 Å². The molecule has 0 saturated heterocycles. The Balaban J connectivity index is 0.00000250. The highest BCUT2D eigenvalue weighted by molar-refractivity contribution is 7.98. The Morgan fingerprint density at radius 3 is 1.73 bits per heavy atom. The summed E-state index contributed by atoms with van der Waals surface area (Å²) in [6.07, 6.45) is 31.8. The van der Waals surface area contributed by atoms with E-state index in [0.717, 1.165) is 73.8 Å². The van der Waals surface area contributed by atoms with Crippen LogP contribution in [-0.2, 0) is 11.4 Å². The van der Waals surface area contributed by atoms with Crippen LogP contribution in [0.1, 0.15) is 162 Å². The number of unbranched alkanes of at least 4 members (excludes halogenated alkanes) is 17. The lowest BCUT2D eigenvalue weighted by molar-refractivity contribution is 0.194. The van der Waals surface area contributed by atoms with Crippen molar-refractivity contribution in [3.63, 3.8) is 0 Å². The first-order valence-corrected chi connectivity index (χ1v) is 26.4. The van der Waals surface area contributed by atoms with Crippen molar-refractivity contribution < 1.29 is 9.84 Å². The first-order chi connectivity index (χ1) is 30.5. The number of fused-ring (bicyclic) bond motifs is 1. The molecule has 0 atom stereocenters. The van der Waals surface area contributed by atoms with Gasteiger partial charge >= 0.3 is 0 Å². The fourth-order valence-corrected chi connectivity index (χ4v) is 7.62. The molecule has 0 aliphatic heterocycles. The van der Waals surface area contributed by atoms with Gasteiger partial charge in [-0.15, -0.1) is 16.9 Å². The second-order valence-electron chi connectivity index (χ2n) is 16.3. The van der Waals surface area contributed by atoms with E-state index in [2.05, 4.69) is 81.9 Å². The highest BCUT2D eigenvalue weighted by Crippen LogP contribution is 2.18. The number of hydrogen-bond acceptors (Lipinski definition) is 11. The number of hydrogen-bond donors (Lipinski definition) is 4. The molecule has 62 heavy (non-hydrogen) atoms. The molecule has 2 aromatic carbocycles. The van der Waals surface area contributed by atoms with Gasteiger partial charge in [-0.05, 0) is 88.1 Å². The van der Waals surface area contributed by atoms with Crippen LogP contribution in [-0.4, -0.2) is 108 Å². The number of nitrogens with zero attached hydrogens (tertiary/aromatic N) is 5. The number of nitrogens with two attached hydrogens (primary N) is 1. The molecule has 358 valence electrons. The SMILES string of the molecule is C=S.CCCCCCCCCCCCCCCCCCN(CCCNCCCN(CNc1ccccc1N)Cn1nnc2ccccc21)CSC.CCCCO.CCCCOC. The van der Waals surface area contributed by atoms with E-state index in [0.29, 0.717) is 19.9 Å². The van der Waals surface area contributed by atoms with Crippen molar-refractivity contribution in [2.45, 2.75) is 169 Å². The van der Waals surface area contributed by atoms with Gasteiger partial charge in [0.1, 0.15) is 5.52 Å². The lowest BCUT2D eigenvalue weighted by Gasteiger charge is -2.24. The molecule has 1 heterocycles. The van der Waals surface area contributed by atoms with Gasteiger partial charge in [-0.3, -0.25) is 9.80 Å². The van der Waals surface area contributed by atoms with Crippen molar-refractivity contribution >= 4 is 52.3 Å². The van der Waals surface area contributed by atoms with Gasteiger partial charge in [0, 0.05) is 39.3 Å². The number of nitrogen functional groups attached to an aromatic ring is 1. The summed E-state index contributed by atoms with van der Waals surface area (Å²) in [4.78, 5) is 5.02. The molecule has 0 unspecified atom stereocenters. The normalized spacial score (nSPS) is 10.9. The Morgan fingerprint density at radius 1 is 0.694 bits per heavy atom. The van der Waals surface area contributed by atoms with Crippen molar-refractivity contribution in [3.05, 3.63) is 48.5 Å². The van der Waals surface area contributed by atoms with Crippen LogP contribution >= 0.6 is 24.0 Å². The van der Waals surface area contributed by atoms with E-state index in [9.17, 15) is 0 Å². The summed E-state index contributed by atoms with van der Waals surface area (Å²) in [6, 6.07) is 16.1. The number of rotatable bonds is 37. The van der Waals surface area contributed by atoms with Crippen molar-refractivity contribution in [1.82, 2.24) is 30.1 Å². The van der Waals surface area contributed by atoms with E-state index in [1.165, 1.54) is 135 Å². The molecular weight excluding hydrogens is 809 g/mol. The summed E-state index contributed by atoms with van der Waals surface area (Å²) in [5.74, 6) is 3.98. The second-order valence-corrected chi connectivity index (χ2v) is 17.1. The number of anilines is 2. The zero-order chi connectivity index (χ0) is 45.6. The third-order valence-corrected chi connectivity index (χ3v) is 11.3. The maximum atomic E-state index is 8.07. The van der Waals surface area contributed by atoms with Crippen LogP contribution in [0.5, 0.6) is 0 Å². The molecule has 0 amide bonds. The smallest absolute Gasteiger partial charge is 0.113 e. The van der Waals surface area contributed by atoms with Crippen LogP contribution < -0.4 is 16.4 Å². The number of aromatic nitrogens is 3. The largest absolute Gasteiger partial charge is 0.397 e. The topological polar surface area (TPSA) is 117 Å². The number of para-hydroxylation sites is 3. The Kier molecular flexibility index (Phi) is 44.9. The monoisotopic (exact) mass is 903 g/mol. The summed E-state index contributed by atoms with van der Waals surface area (Å²) < 4.78 is 6.77. The van der Waals surface area contributed by atoms with Gasteiger partial charge in [0.25, 0.3) is 0 Å². The highest BCUT2D eigenvalue weighted by Gasteiger charge is 2.11. The summed E-state index contributed by atoms with van der Waals surface area (Å²) in [6.45, 7) is 14.6. The molecule has 3 rings (SSSR count). The van der Waals surface area contributed by atoms with Gasteiger partial charge in [0.15, 0.2) is 0 Å². The number of thioether (sulfide) groups is 1. The van der Waals surface area contributed by atoms with Crippen LogP contribution in [0.4, 0.5) is 11.4 Å². The third-order valence-electron chi connectivity index (χ3n) is 10.7. The number of benzene rings is 2. The zero-order valence-electron chi connectivity index (χ0n) is 40.4. The minimum Gasteiger partial charge on any atom is -0.397 e. The Morgan fingerprint density at radius 2 is 1.21 bits per heavy atom. The number of aliphatic hydroxyl groups is 1. The molecule has 0 fully saturated rings. The van der Waals surface area contributed by atoms with E-state index >= 15 is 0 Å². The first kappa shape index (κ1) is 59.7. The van der Waals surface area contributed by atoms with Gasteiger partial charge in [0.05, 0.1) is 30.2 Å². The van der Waals surface area contributed by atoms with E-state index in [1.807, 2.05) is 58.9 Å². The standard InChI is InChI=1S/C40H70N8S.C5H12O.C4H10O.CH2S/c1-3-4-5-6-7-8-9-10-11-12-13-14-15-16-17-22-31-46(36-49-2)32-23-29-42-30-24-33-47(34-43-38-26-19-18-25-37(38)41)35-48-40-28-21-20-27-39(40)44-45-48;1-3-4-5-6-2;1-2-3-4-5;1-2/h18-21,25-28,42-43H,3-17,22-24,29-36,41H2,1-2H3;3-5H2,1-2H3;5H,2-4H2,1H3;1H2. The molecular formula is C50H94N8O2S2. The lowest BCUT2D eigenvalue weighted by atomic mass is 10.0. The molecule has 0 radical (unpaired) electrons. The average Bonchev–Trinajstić information content (AvgIpc) is 3.71. The maximum absolute atomic E-state index is 8.07. The van der Waals surface area contributed by atoms with Gasteiger partial charge in [-0.1, -0.05) is 172 Å². The number of methoxy groups -OCH3 is 1. The lowest BCUT2D eigenvalue weighted by Crippen LogP contribution is -2.34. The number of aliphatic hydroxyl groups excluding tert-OH is 1. The van der Waals surface area contributed by atoms with Crippen molar-refractivity contribution in [2.24, 2.45) is 0 Å². The zero-order valence-corrected chi connectivity index (χ0v) is 42.1. The summed E-state index contributed by atoms with van der Waals surface area (Å²) >= 11 is 5.79. The van der Waals surface area contributed by atoms with Crippen LogP contribution in [0.3, 0.4) is 0 Å². The van der Waals surface area contributed by atoms with Crippen LogP contribution in [0, 0.1) is 0 Å². The predicted octanol–water partition coefficient (Wildman–Crippen LogP) is 12.4. The average molecular weight is 903 g/mol. The number of ether oxygens (including phenoxy) is 1. The van der Waals surface area contributed by atoms with Crippen LogP contribution in [0.2, 0.25) is 0 Å². The fourth-order valence-electron chi connectivity index (χ4n) is 7.00. The van der Waals surface area contributed by atoms with Gasteiger partial charge in [0.2, 0.25) is 0 Å². The molecule has 5 N–H and O–H groups in total. The molecule has 0 spiro atoms. The number of thiocarbonyl (C=S) groups is 1. The first-order valence-electron chi connectivity index (χ1n) is 24.4. The molecule has 1 aromatic heterocycles. The summed E-state index contributed by atoms with van der Waals surface area (Å²) in [5, 5.41) is 24.1. The molecule has 12 heteroatoms. The van der Waals surface area contributed by atoms with Crippen molar-refractivity contribution in [3.8, 4) is 0 Å². The van der Waals surface area contributed by atoms with Crippen molar-refractivity contribution in [1.29, 1.82) is 0 Å². The second kappa shape index (κ2) is 46.7. The summed E-state index contributed by atoms with van der Waals surface area (Å²) in [5.41, 5.74) is 9.89. The molecule has 0 aliphatic rings. The van der Waals surface area contributed by atoms with Gasteiger partial charge in [-0.25, -0.2) is 4.68 Å². The van der Waals surface area contributed by atoms with Crippen LogP contribution in [0.25, 0.3) is 11.0 Å². The van der Waals surface area contributed by atoms with Gasteiger partial charge < -0.3 is 26.2 Å². The minimum atomic E-state index is 0.344. The molecule has 3 aromatic rings.